The van der Waals surface area contributed by atoms with Crippen molar-refractivity contribution in [1.29, 1.82) is 0 Å². The summed E-state index contributed by atoms with van der Waals surface area (Å²) < 4.78 is 10.9. The lowest BCUT2D eigenvalue weighted by Crippen LogP contribution is -2.01. The van der Waals surface area contributed by atoms with Gasteiger partial charge in [0.05, 0.1) is 13.0 Å². The SMILES string of the molecule is COc1cc2cc3c(=O)cc[nH]c3cc2cc1OCCCl. The van der Waals surface area contributed by atoms with E-state index in [1.165, 1.54) is 6.07 Å². The van der Waals surface area contributed by atoms with E-state index in [0.717, 1.165) is 16.3 Å². The molecule has 3 rings (SSSR count). The van der Waals surface area contributed by atoms with Crippen LogP contribution in [0.1, 0.15) is 0 Å². The molecule has 0 radical (unpaired) electrons. The van der Waals surface area contributed by atoms with Crippen molar-refractivity contribution in [2.75, 3.05) is 19.6 Å². The number of fused-ring (bicyclic) bond motifs is 2. The van der Waals surface area contributed by atoms with Crippen molar-refractivity contribution in [3.8, 4) is 11.5 Å². The number of aromatic amines is 1. The summed E-state index contributed by atoms with van der Waals surface area (Å²) in [6.45, 7) is 0.411. The van der Waals surface area contributed by atoms with E-state index in [4.69, 9.17) is 21.1 Å². The van der Waals surface area contributed by atoms with E-state index >= 15 is 0 Å². The normalized spacial score (nSPS) is 11.0. The van der Waals surface area contributed by atoms with Crippen LogP contribution in [-0.2, 0) is 0 Å². The van der Waals surface area contributed by atoms with E-state index in [2.05, 4.69) is 4.98 Å². The van der Waals surface area contributed by atoms with Crippen LogP contribution in [0, 0.1) is 0 Å². The van der Waals surface area contributed by atoms with Crippen LogP contribution < -0.4 is 14.9 Å². The van der Waals surface area contributed by atoms with Gasteiger partial charge in [-0.25, -0.2) is 0 Å². The lowest BCUT2D eigenvalue weighted by Gasteiger charge is -2.11. The minimum Gasteiger partial charge on any atom is -0.493 e. The Hall–Kier alpha value is -2.20. The number of ether oxygens (including phenoxy) is 2. The summed E-state index contributed by atoms with van der Waals surface area (Å²) in [5, 5.41) is 2.55. The summed E-state index contributed by atoms with van der Waals surface area (Å²) in [6.07, 6.45) is 1.64. The number of benzene rings is 2. The summed E-state index contributed by atoms with van der Waals surface area (Å²) >= 11 is 5.66. The van der Waals surface area contributed by atoms with Gasteiger partial charge in [0.15, 0.2) is 16.9 Å². The number of pyridine rings is 1. The van der Waals surface area contributed by atoms with Crippen molar-refractivity contribution in [3.63, 3.8) is 0 Å². The average molecular weight is 304 g/mol. The van der Waals surface area contributed by atoms with E-state index < -0.39 is 0 Å². The van der Waals surface area contributed by atoms with E-state index in [1.807, 2.05) is 24.3 Å². The molecule has 108 valence electrons. The van der Waals surface area contributed by atoms with Gasteiger partial charge < -0.3 is 14.5 Å². The van der Waals surface area contributed by atoms with E-state index in [0.29, 0.717) is 29.4 Å². The molecule has 4 nitrogen and oxygen atoms in total. The van der Waals surface area contributed by atoms with Gasteiger partial charge >= 0.3 is 0 Å². The van der Waals surface area contributed by atoms with Gasteiger partial charge in [0.2, 0.25) is 0 Å². The molecule has 0 unspecified atom stereocenters. The molecule has 1 heterocycles. The predicted molar refractivity (Wildman–Crippen MR) is 84.8 cm³/mol. The largest absolute Gasteiger partial charge is 0.493 e. The number of aromatic nitrogens is 1. The summed E-state index contributed by atoms with van der Waals surface area (Å²) in [4.78, 5) is 15.0. The highest BCUT2D eigenvalue weighted by molar-refractivity contribution is 6.18. The first-order valence-corrected chi connectivity index (χ1v) is 7.08. The fraction of sp³-hybridized carbons (Fsp3) is 0.188. The Morgan fingerprint density at radius 3 is 2.67 bits per heavy atom. The summed E-state index contributed by atoms with van der Waals surface area (Å²) in [5.74, 6) is 1.68. The number of alkyl halides is 1. The quantitative estimate of drug-likeness (QED) is 0.594. The maximum atomic E-state index is 11.9. The first kappa shape index (κ1) is 13.8. The molecule has 0 spiro atoms. The molecule has 0 saturated heterocycles. The molecular weight excluding hydrogens is 290 g/mol. The molecule has 0 amide bonds. The minimum absolute atomic E-state index is 0.00733. The molecule has 0 aliphatic carbocycles. The van der Waals surface area contributed by atoms with Gasteiger partial charge in [-0.1, -0.05) is 0 Å². The number of methoxy groups -OCH3 is 1. The average Bonchev–Trinajstić information content (AvgIpc) is 2.50. The Kier molecular flexibility index (Phi) is 3.71. The Labute approximate surface area is 126 Å². The van der Waals surface area contributed by atoms with Gasteiger partial charge in [0.1, 0.15) is 6.61 Å². The van der Waals surface area contributed by atoms with Crippen LogP contribution in [0.2, 0.25) is 0 Å². The maximum Gasteiger partial charge on any atom is 0.189 e. The molecular formula is C16H14ClNO3. The Balaban J connectivity index is 2.24. The molecule has 5 heteroatoms. The zero-order valence-electron chi connectivity index (χ0n) is 11.5. The fourth-order valence-electron chi connectivity index (χ4n) is 2.35. The highest BCUT2D eigenvalue weighted by Gasteiger charge is 2.09. The van der Waals surface area contributed by atoms with Gasteiger partial charge in [-0.2, -0.15) is 0 Å². The third-order valence-corrected chi connectivity index (χ3v) is 3.49. The van der Waals surface area contributed by atoms with Gasteiger partial charge in [0, 0.05) is 23.2 Å². The predicted octanol–water partition coefficient (Wildman–Crippen LogP) is 3.31. The van der Waals surface area contributed by atoms with E-state index in [9.17, 15) is 4.79 Å². The third-order valence-electron chi connectivity index (χ3n) is 3.33. The van der Waals surface area contributed by atoms with Crippen LogP contribution in [-0.4, -0.2) is 24.6 Å². The van der Waals surface area contributed by atoms with Crippen LogP contribution >= 0.6 is 11.6 Å². The second-order valence-corrected chi connectivity index (χ2v) is 5.01. The Bertz CT molecular complexity index is 857. The van der Waals surface area contributed by atoms with Crippen LogP contribution in [0.5, 0.6) is 11.5 Å². The fourth-order valence-corrected chi connectivity index (χ4v) is 2.43. The molecule has 0 atom stereocenters. The van der Waals surface area contributed by atoms with Crippen LogP contribution in [0.4, 0.5) is 0 Å². The van der Waals surface area contributed by atoms with Crippen LogP contribution in [0.15, 0.2) is 41.3 Å². The molecule has 0 saturated carbocycles. The second-order valence-electron chi connectivity index (χ2n) is 4.63. The molecule has 1 N–H and O–H groups in total. The zero-order chi connectivity index (χ0) is 14.8. The van der Waals surface area contributed by atoms with Gasteiger partial charge in [-0.05, 0) is 35.0 Å². The molecule has 2 aromatic carbocycles. The molecule has 21 heavy (non-hydrogen) atoms. The molecule has 0 bridgehead atoms. The number of H-pyrrole nitrogens is 1. The van der Waals surface area contributed by atoms with Gasteiger partial charge in [-0.3, -0.25) is 4.79 Å². The third kappa shape index (κ3) is 2.54. The van der Waals surface area contributed by atoms with Gasteiger partial charge in [0.25, 0.3) is 0 Å². The second kappa shape index (κ2) is 5.66. The molecule has 1 aromatic heterocycles. The maximum absolute atomic E-state index is 11.9. The number of nitrogens with one attached hydrogen (secondary N) is 1. The lowest BCUT2D eigenvalue weighted by molar-refractivity contribution is 0.313. The van der Waals surface area contributed by atoms with Crippen molar-refractivity contribution in [2.45, 2.75) is 0 Å². The summed E-state index contributed by atoms with van der Waals surface area (Å²) in [5.41, 5.74) is 0.788. The molecule has 0 aliphatic heterocycles. The van der Waals surface area contributed by atoms with E-state index in [-0.39, 0.29) is 5.43 Å². The smallest absolute Gasteiger partial charge is 0.189 e. The van der Waals surface area contributed by atoms with Crippen molar-refractivity contribution < 1.29 is 9.47 Å². The highest BCUT2D eigenvalue weighted by atomic mass is 35.5. The summed E-state index contributed by atoms with van der Waals surface area (Å²) in [7, 11) is 1.59. The first-order valence-electron chi connectivity index (χ1n) is 6.55. The zero-order valence-corrected chi connectivity index (χ0v) is 12.2. The highest BCUT2D eigenvalue weighted by Crippen LogP contribution is 2.33. The molecule has 3 aromatic rings. The number of hydrogen-bond donors (Lipinski definition) is 1. The van der Waals surface area contributed by atoms with Crippen molar-refractivity contribution in [2.24, 2.45) is 0 Å². The molecule has 0 fully saturated rings. The van der Waals surface area contributed by atoms with Crippen LogP contribution in [0.25, 0.3) is 21.7 Å². The van der Waals surface area contributed by atoms with Crippen molar-refractivity contribution in [3.05, 3.63) is 46.8 Å². The Morgan fingerprint density at radius 1 is 1.14 bits per heavy atom. The number of hydrogen-bond acceptors (Lipinski definition) is 3. The monoisotopic (exact) mass is 303 g/mol. The number of halogens is 1. The van der Waals surface area contributed by atoms with Crippen molar-refractivity contribution >= 4 is 33.3 Å². The van der Waals surface area contributed by atoms with E-state index in [1.54, 1.807) is 13.3 Å². The minimum atomic E-state index is -0.00733. The lowest BCUT2D eigenvalue weighted by atomic mass is 10.1. The van der Waals surface area contributed by atoms with Crippen molar-refractivity contribution in [1.82, 2.24) is 4.98 Å². The topological polar surface area (TPSA) is 51.3 Å². The van der Waals surface area contributed by atoms with Gasteiger partial charge in [-0.15, -0.1) is 11.6 Å². The first-order chi connectivity index (χ1) is 10.2. The Morgan fingerprint density at radius 2 is 1.90 bits per heavy atom. The molecule has 0 aliphatic rings. The van der Waals surface area contributed by atoms with Crippen LogP contribution in [0.3, 0.4) is 0 Å². The standard InChI is InChI=1S/C16H14ClNO3/c1-20-15-8-10-6-12-13(18-4-2-14(12)19)7-11(10)9-16(15)21-5-3-17/h2,4,6-9H,3,5H2,1H3,(H,18,19). The summed E-state index contributed by atoms with van der Waals surface area (Å²) in [6, 6.07) is 9.07. The number of rotatable bonds is 4.